The van der Waals surface area contributed by atoms with E-state index in [1.54, 1.807) is 30.3 Å². The third-order valence-electron chi connectivity index (χ3n) is 12.9. The maximum Gasteiger partial charge on any atom is 0.416 e. The van der Waals surface area contributed by atoms with Crippen LogP contribution < -0.4 is 0 Å². The van der Waals surface area contributed by atoms with E-state index in [9.17, 15) is 31.6 Å². The number of alkyl halides is 6. The normalized spacial score (nSPS) is 12.1. The summed E-state index contributed by atoms with van der Waals surface area (Å²) < 4.78 is 90.4. The Hall–Kier alpha value is -8.35. The number of para-hydroxylation sites is 2. The summed E-state index contributed by atoms with van der Waals surface area (Å²) in [6.07, 6.45) is -10.1. The monoisotopic (exact) mass is 901 g/mol. The van der Waals surface area contributed by atoms with Gasteiger partial charge in [0.15, 0.2) is 0 Å². The van der Waals surface area contributed by atoms with Crippen LogP contribution in [0.1, 0.15) is 27.8 Å². The zero-order valence-corrected chi connectivity index (χ0v) is 36.5. The SMILES string of the molecule is Cc1ccc(-c2ccc3c(c2)c2ccccc2n3-c2ccc(-c3cc(C(F)(F)F)cc(C(F)(F)F)c3)cc2-c2ccc(C#N)cc2-n2c3ccccc3c3cc(-c4ccc(C)cc4)ccc32)cc1. The van der Waals surface area contributed by atoms with Crippen LogP contribution in [0.15, 0.2) is 188 Å². The number of nitriles is 1. The Morgan fingerprint density at radius 2 is 0.809 bits per heavy atom. The molecule has 0 amide bonds. The summed E-state index contributed by atoms with van der Waals surface area (Å²) in [6.45, 7) is 4.08. The predicted molar refractivity (Wildman–Crippen MR) is 261 cm³/mol. The molecule has 0 aliphatic rings. The van der Waals surface area contributed by atoms with Crippen LogP contribution in [0.4, 0.5) is 26.3 Å². The van der Waals surface area contributed by atoms with Crippen molar-refractivity contribution < 1.29 is 26.3 Å². The van der Waals surface area contributed by atoms with E-state index in [0.29, 0.717) is 28.1 Å². The fourth-order valence-electron chi connectivity index (χ4n) is 9.58. The van der Waals surface area contributed by atoms with Gasteiger partial charge >= 0.3 is 12.4 Å². The zero-order chi connectivity index (χ0) is 47.1. The lowest BCUT2D eigenvalue weighted by molar-refractivity contribution is -0.143. The molecule has 0 fully saturated rings. The molecule has 330 valence electrons. The Balaban J connectivity index is 1.22. The Morgan fingerprint density at radius 1 is 0.368 bits per heavy atom. The molecule has 2 aromatic heterocycles. The molecule has 0 atom stereocenters. The second-order valence-corrected chi connectivity index (χ2v) is 17.3. The highest BCUT2D eigenvalue weighted by Crippen LogP contribution is 2.45. The predicted octanol–water partition coefficient (Wildman–Crippen LogP) is 17.1. The van der Waals surface area contributed by atoms with E-state index in [1.165, 1.54) is 0 Å². The molecular weight excluding hydrogens is 865 g/mol. The summed E-state index contributed by atoms with van der Waals surface area (Å²) in [5.41, 5.74) is 9.50. The fraction of sp³-hybridized carbons (Fsp3) is 0.0678. The van der Waals surface area contributed by atoms with Crippen LogP contribution in [-0.2, 0) is 12.4 Å². The van der Waals surface area contributed by atoms with Crippen LogP contribution in [0.2, 0.25) is 0 Å². The molecule has 0 N–H and O–H groups in total. The van der Waals surface area contributed by atoms with Crippen molar-refractivity contribution >= 4 is 43.6 Å². The average Bonchev–Trinajstić information content (AvgIpc) is 3.85. The van der Waals surface area contributed by atoms with Gasteiger partial charge in [0.2, 0.25) is 0 Å². The van der Waals surface area contributed by atoms with Crippen LogP contribution in [0.25, 0.3) is 99.5 Å². The number of nitrogens with zero attached hydrogens (tertiary/aromatic N) is 3. The Kier molecular flexibility index (Phi) is 9.90. The summed E-state index contributed by atoms with van der Waals surface area (Å²) in [7, 11) is 0. The van der Waals surface area contributed by atoms with Crippen molar-refractivity contribution in [3.63, 3.8) is 0 Å². The maximum absolute atomic E-state index is 14.4. The molecule has 0 bridgehead atoms. The minimum absolute atomic E-state index is 0.142. The number of halogens is 6. The van der Waals surface area contributed by atoms with Gasteiger partial charge in [-0.15, -0.1) is 0 Å². The van der Waals surface area contributed by atoms with Crippen molar-refractivity contribution in [2.24, 2.45) is 0 Å². The topological polar surface area (TPSA) is 33.6 Å². The molecule has 9 heteroatoms. The molecule has 0 aliphatic carbocycles. The molecule has 11 aromatic rings. The van der Waals surface area contributed by atoms with Crippen molar-refractivity contribution in [1.82, 2.24) is 9.13 Å². The van der Waals surface area contributed by atoms with Gasteiger partial charge in [-0.25, -0.2) is 0 Å². The van der Waals surface area contributed by atoms with Gasteiger partial charge in [-0.3, -0.25) is 0 Å². The highest BCUT2D eigenvalue weighted by Gasteiger charge is 2.37. The smallest absolute Gasteiger partial charge is 0.309 e. The van der Waals surface area contributed by atoms with E-state index in [4.69, 9.17) is 0 Å². The first kappa shape index (κ1) is 42.3. The van der Waals surface area contributed by atoms with Gasteiger partial charge in [0.25, 0.3) is 0 Å². The summed E-state index contributed by atoms with van der Waals surface area (Å²) in [4.78, 5) is 0. The molecule has 3 nitrogen and oxygen atoms in total. The lowest BCUT2D eigenvalue weighted by atomic mass is 9.93. The summed E-state index contributed by atoms with van der Waals surface area (Å²) in [6, 6.07) is 59.2. The van der Waals surface area contributed by atoms with Crippen LogP contribution in [0.5, 0.6) is 0 Å². The second kappa shape index (κ2) is 15.9. The number of hydrogen-bond acceptors (Lipinski definition) is 1. The van der Waals surface area contributed by atoms with Crippen molar-refractivity contribution in [3.8, 4) is 62.0 Å². The molecule has 68 heavy (non-hydrogen) atoms. The zero-order valence-electron chi connectivity index (χ0n) is 36.5. The molecule has 11 rings (SSSR count). The number of fused-ring (bicyclic) bond motifs is 6. The highest BCUT2D eigenvalue weighted by atomic mass is 19.4. The standard InChI is InChI=1S/C59H37F6N3/c1-35-11-16-38(17-12-35)40-20-24-54-49(30-40)46-7-3-5-9-52(46)67(54)55-26-22-42(43-28-44(58(60,61)62)33-45(29-43)59(63,64)65)32-51(55)48-23-15-37(34-66)27-57(48)68-53-10-6-4-8-47(53)50-31-41(21-25-56(50)68)39-18-13-36(2)14-19-39/h3-33H,1-2H3. The Bertz CT molecular complexity index is 3810. The third-order valence-corrected chi connectivity index (χ3v) is 12.9. The van der Waals surface area contributed by atoms with Crippen LogP contribution >= 0.6 is 0 Å². The minimum atomic E-state index is -5.05. The maximum atomic E-state index is 14.4. The fourth-order valence-corrected chi connectivity index (χ4v) is 9.58. The Labute approximate surface area is 387 Å². The van der Waals surface area contributed by atoms with Gasteiger partial charge in [-0.2, -0.15) is 31.6 Å². The van der Waals surface area contributed by atoms with Crippen molar-refractivity contribution in [3.05, 3.63) is 216 Å². The van der Waals surface area contributed by atoms with Gasteiger partial charge in [0.05, 0.1) is 56.2 Å². The van der Waals surface area contributed by atoms with Crippen molar-refractivity contribution in [2.45, 2.75) is 26.2 Å². The van der Waals surface area contributed by atoms with E-state index in [2.05, 4.69) is 81.9 Å². The minimum Gasteiger partial charge on any atom is -0.309 e. The van der Waals surface area contributed by atoms with Gasteiger partial charge < -0.3 is 9.13 Å². The van der Waals surface area contributed by atoms with E-state index >= 15 is 0 Å². The van der Waals surface area contributed by atoms with E-state index in [-0.39, 0.29) is 17.2 Å². The molecule has 0 saturated heterocycles. The molecule has 2 heterocycles. The first-order chi connectivity index (χ1) is 32.7. The van der Waals surface area contributed by atoms with E-state index in [0.717, 1.165) is 89.1 Å². The largest absolute Gasteiger partial charge is 0.416 e. The van der Waals surface area contributed by atoms with Gasteiger partial charge in [0.1, 0.15) is 0 Å². The average molecular weight is 902 g/mol. The van der Waals surface area contributed by atoms with Crippen molar-refractivity contribution in [1.29, 1.82) is 5.26 Å². The molecule has 0 radical (unpaired) electrons. The lowest BCUT2D eigenvalue weighted by Crippen LogP contribution is -2.11. The molecule has 9 aromatic carbocycles. The highest BCUT2D eigenvalue weighted by molar-refractivity contribution is 6.13. The summed E-state index contributed by atoms with van der Waals surface area (Å²) >= 11 is 0. The summed E-state index contributed by atoms with van der Waals surface area (Å²) in [5, 5.41) is 14.2. The third kappa shape index (κ3) is 7.26. The van der Waals surface area contributed by atoms with Gasteiger partial charge in [-0.1, -0.05) is 120 Å². The Morgan fingerprint density at radius 3 is 1.31 bits per heavy atom. The van der Waals surface area contributed by atoms with E-state index in [1.807, 2.05) is 86.6 Å². The van der Waals surface area contributed by atoms with Gasteiger partial charge in [-0.05, 0) is 126 Å². The number of benzene rings is 9. The van der Waals surface area contributed by atoms with Gasteiger partial charge in [0, 0.05) is 32.7 Å². The second-order valence-electron chi connectivity index (χ2n) is 17.3. The first-order valence-electron chi connectivity index (χ1n) is 21.9. The van der Waals surface area contributed by atoms with Crippen LogP contribution in [0.3, 0.4) is 0 Å². The van der Waals surface area contributed by atoms with Crippen LogP contribution in [0, 0.1) is 25.2 Å². The molecular formula is C59H37F6N3. The van der Waals surface area contributed by atoms with Crippen molar-refractivity contribution in [2.75, 3.05) is 0 Å². The quantitative estimate of drug-likeness (QED) is 0.153. The molecule has 0 aliphatic heterocycles. The number of aromatic nitrogens is 2. The number of aryl methyl sites for hydroxylation is 2. The lowest BCUT2D eigenvalue weighted by Gasteiger charge is -2.21. The number of hydrogen-bond donors (Lipinski definition) is 0. The molecule has 0 saturated carbocycles. The van der Waals surface area contributed by atoms with E-state index < -0.39 is 23.5 Å². The molecule has 0 unspecified atom stereocenters. The summed E-state index contributed by atoms with van der Waals surface area (Å²) in [5.74, 6) is 0. The number of rotatable bonds is 6. The molecule has 0 spiro atoms. The first-order valence-corrected chi connectivity index (χ1v) is 21.9. The van der Waals surface area contributed by atoms with Crippen LogP contribution in [-0.4, -0.2) is 9.13 Å².